The lowest BCUT2D eigenvalue weighted by Gasteiger charge is -2.10. The molecule has 0 radical (unpaired) electrons. The monoisotopic (exact) mass is 505 g/mol. The summed E-state index contributed by atoms with van der Waals surface area (Å²) in [6.07, 6.45) is 1.06. The van der Waals surface area contributed by atoms with E-state index >= 15 is 0 Å². The number of aromatic nitrogens is 5. The average Bonchev–Trinajstić information content (AvgIpc) is 3.46. The molecule has 0 aliphatic heterocycles. The van der Waals surface area contributed by atoms with Crippen molar-refractivity contribution in [1.29, 1.82) is 0 Å². The zero-order valence-corrected chi connectivity index (χ0v) is 19.2. The third-order valence-corrected chi connectivity index (χ3v) is 6.19. The number of benzene rings is 1. The summed E-state index contributed by atoms with van der Waals surface area (Å²) in [6.45, 7) is 1.16. The molecule has 0 saturated carbocycles. The van der Waals surface area contributed by atoms with Crippen molar-refractivity contribution in [3.63, 3.8) is 0 Å². The summed E-state index contributed by atoms with van der Waals surface area (Å²) in [4.78, 5) is 8.11. The van der Waals surface area contributed by atoms with Crippen LogP contribution in [0.15, 0.2) is 53.4 Å². The van der Waals surface area contributed by atoms with Crippen molar-refractivity contribution >= 4 is 15.8 Å². The SMILES string of the molecule is CC(O)NS(=O)(=O)CCNc1nc(-c2cc(-c3ccon3)n(Cc3ccccc3F)n2)ncc1F. The Hall–Kier alpha value is -3.75. The van der Waals surface area contributed by atoms with Crippen LogP contribution in [0, 0.1) is 11.6 Å². The zero-order valence-electron chi connectivity index (χ0n) is 18.4. The summed E-state index contributed by atoms with van der Waals surface area (Å²) in [5, 5.41) is 20.2. The van der Waals surface area contributed by atoms with Gasteiger partial charge in [-0.1, -0.05) is 23.4 Å². The smallest absolute Gasteiger partial charge is 0.215 e. The minimum Gasteiger partial charge on any atom is -0.378 e. The van der Waals surface area contributed by atoms with Crippen molar-refractivity contribution < 1.29 is 26.8 Å². The first-order chi connectivity index (χ1) is 16.7. The van der Waals surface area contributed by atoms with Crippen molar-refractivity contribution in [2.75, 3.05) is 17.6 Å². The first-order valence-electron chi connectivity index (χ1n) is 10.4. The maximum Gasteiger partial charge on any atom is 0.215 e. The molecule has 1 unspecified atom stereocenters. The van der Waals surface area contributed by atoms with Crippen LogP contribution in [-0.2, 0) is 16.6 Å². The van der Waals surface area contributed by atoms with Gasteiger partial charge in [0.25, 0.3) is 0 Å². The van der Waals surface area contributed by atoms with Gasteiger partial charge in [0, 0.05) is 18.2 Å². The van der Waals surface area contributed by atoms with E-state index in [4.69, 9.17) is 4.52 Å². The third-order valence-electron chi connectivity index (χ3n) is 4.74. The van der Waals surface area contributed by atoms with Gasteiger partial charge in [0.2, 0.25) is 10.0 Å². The number of nitrogens with one attached hydrogen (secondary N) is 2. The van der Waals surface area contributed by atoms with Crippen LogP contribution in [0.25, 0.3) is 22.9 Å². The van der Waals surface area contributed by atoms with Gasteiger partial charge in [-0.05, 0) is 19.1 Å². The molecule has 4 aromatic rings. The second-order valence-electron chi connectivity index (χ2n) is 7.48. The molecule has 11 nitrogen and oxygen atoms in total. The normalized spacial score (nSPS) is 12.6. The highest BCUT2D eigenvalue weighted by Crippen LogP contribution is 2.26. The van der Waals surface area contributed by atoms with Crippen LogP contribution in [0.2, 0.25) is 0 Å². The number of halogens is 2. The highest BCUT2D eigenvalue weighted by atomic mass is 32.2. The molecule has 14 heteroatoms. The van der Waals surface area contributed by atoms with Gasteiger partial charge in [-0.15, -0.1) is 0 Å². The fraction of sp³-hybridized carbons (Fsp3) is 0.238. The number of anilines is 1. The molecule has 35 heavy (non-hydrogen) atoms. The fourth-order valence-corrected chi connectivity index (χ4v) is 4.23. The Bertz CT molecular complexity index is 1410. The minimum absolute atomic E-state index is 0.0518. The zero-order chi connectivity index (χ0) is 25.0. The molecule has 0 aliphatic rings. The highest BCUT2D eigenvalue weighted by Gasteiger charge is 2.19. The summed E-state index contributed by atoms with van der Waals surface area (Å²) < 4.78 is 60.6. The largest absolute Gasteiger partial charge is 0.378 e. The Morgan fingerprint density at radius 2 is 1.97 bits per heavy atom. The van der Waals surface area contributed by atoms with Crippen LogP contribution in [-0.4, -0.2) is 57.0 Å². The maximum atomic E-state index is 14.3. The molecular formula is C21H21F2N7O4S. The molecule has 0 amide bonds. The molecule has 1 atom stereocenters. The van der Waals surface area contributed by atoms with Crippen LogP contribution in [0.1, 0.15) is 12.5 Å². The summed E-state index contributed by atoms with van der Waals surface area (Å²) in [5.74, 6) is -1.80. The number of nitrogens with zero attached hydrogens (tertiary/aromatic N) is 5. The van der Waals surface area contributed by atoms with Crippen molar-refractivity contribution in [2.24, 2.45) is 0 Å². The Kier molecular flexibility index (Phi) is 7.14. The van der Waals surface area contributed by atoms with Crippen LogP contribution < -0.4 is 10.0 Å². The summed E-state index contributed by atoms with van der Waals surface area (Å²) >= 11 is 0. The van der Waals surface area contributed by atoms with Gasteiger partial charge in [-0.2, -0.15) is 9.82 Å². The van der Waals surface area contributed by atoms with E-state index in [1.54, 1.807) is 30.3 Å². The van der Waals surface area contributed by atoms with Gasteiger partial charge >= 0.3 is 0 Å². The van der Waals surface area contributed by atoms with Crippen molar-refractivity contribution in [2.45, 2.75) is 19.7 Å². The van der Waals surface area contributed by atoms with E-state index in [2.05, 4.69) is 25.5 Å². The Balaban J connectivity index is 1.60. The lowest BCUT2D eigenvalue weighted by atomic mass is 10.2. The van der Waals surface area contributed by atoms with E-state index in [1.807, 2.05) is 4.72 Å². The van der Waals surface area contributed by atoms with E-state index in [1.165, 1.54) is 23.9 Å². The quantitative estimate of drug-likeness (QED) is 0.275. The van der Waals surface area contributed by atoms with E-state index in [-0.39, 0.29) is 30.4 Å². The fourth-order valence-electron chi connectivity index (χ4n) is 3.22. The van der Waals surface area contributed by atoms with Crippen LogP contribution in [0.3, 0.4) is 0 Å². The molecule has 3 heterocycles. The molecule has 4 rings (SSSR count). The second-order valence-corrected chi connectivity index (χ2v) is 9.35. The van der Waals surface area contributed by atoms with Gasteiger partial charge in [0.1, 0.15) is 29.7 Å². The molecule has 1 aromatic carbocycles. The molecule has 3 aromatic heterocycles. The Labute approximate surface area is 198 Å². The highest BCUT2D eigenvalue weighted by molar-refractivity contribution is 7.89. The topological polar surface area (TPSA) is 148 Å². The van der Waals surface area contributed by atoms with Gasteiger partial charge < -0.3 is 14.9 Å². The summed E-state index contributed by atoms with van der Waals surface area (Å²) in [7, 11) is -3.78. The molecule has 0 bridgehead atoms. The molecule has 184 valence electrons. The summed E-state index contributed by atoms with van der Waals surface area (Å²) in [5.41, 5.74) is 1.58. The van der Waals surface area contributed by atoms with Crippen molar-refractivity contribution in [3.8, 4) is 22.9 Å². The molecule has 0 fully saturated rings. The maximum absolute atomic E-state index is 14.3. The second kappa shape index (κ2) is 10.2. The number of aliphatic hydroxyl groups is 1. The molecular weight excluding hydrogens is 484 g/mol. The van der Waals surface area contributed by atoms with Gasteiger partial charge in [-0.3, -0.25) is 4.68 Å². The standard InChI is InChI=1S/C21H21F2N7O4S/c1-13(31)29-35(32,33)9-7-24-20-16(23)11-25-21(26-20)18-10-19(17-6-8-34-28-17)30(27-18)12-14-4-2-3-5-15(14)22/h2-6,8,10-11,13,29,31H,7,9,12H2,1H3,(H,24,25,26). The van der Waals surface area contributed by atoms with E-state index < -0.39 is 33.6 Å². The molecule has 3 N–H and O–H groups in total. The number of hydrogen-bond acceptors (Lipinski definition) is 9. The number of hydrogen-bond donors (Lipinski definition) is 3. The minimum atomic E-state index is -3.78. The first-order valence-corrected chi connectivity index (χ1v) is 12.0. The predicted molar refractivity (Wildman–Crippen MR) is 121 cm³/mol. The lowest BCUT2D eigenvalue weighted by molar-refractivity contribution is 0.184. The van der Waals surface area contributed by atoms with Crippen LogP contribution in [0.4, 0.5) is 14.6 Å². The number of rotatable bonds is 10. The summed E-state index contributed by atoms with van der Waals surface area (Å²) in [6, 6.07) is 9.47. The molecule has 0 saturated heterocycles. The third kappa shape index (κ3) is 6.03. The van der Waals surface area contributed by atoms with E-state index in [0.29, 0.717) is 17.0 Å². The molecule has 0 spiro atoms. The van der Waals surface area contributed by atoms with Crippen LogP contribution in [0.5, 0.6) is 0 Å². The first kappa shape index (κ1) is 24.4. The van der Waals surface area contributed by atoms with Crippen LogP contribution >= 0.6 is 0 Å². The van der Waals surface area contributed by atoms with Crippen molar-refractivity contribution in [1.82, 2.24) is 29.6 Å². The Morgan fingerprint density at radius 1 is 1.17 bits per heavy atom. The lowest BCUT2D eigenvalue weighted by Crippen LogP contribution is -2.35. The number of sulfonamides is 1. The number of aliphatic hydroxyl groups excluding tert-OH is 1. The van der Waals surface area contributed by atoms with Gasteiger partial charge in [0.05, 0.1) is 24.2 Å². The van der Waals surface area contributed by atoms with Gasteiger partial charge in [0.15, 0.2) is 17.5 Å². The molecule has 0 aliphatic carbocycles. The van der Waals surface area contributed by atoms with E-state index in [0.717, 1.165) is 6.20 Å². The van der Waals surface area contributed by atoms with E-state index in [9.17, 15) is 22.3 Å². The average molecular weight is 506 g/mol. The Morgan fingerprint density at radius 3 is 2.69 bits per heavy atom. The van der Waals surface area contributed by atoms with Crippen molar-refractivity contribution in [3.05, 3.63) is 66.1 Å². The predicted octanol–water partition coefficient (Wildman–Crippen LogP) is 1.99. The van der Waals surface area contributed by atoms with Gasteiger partial charge in [-0.25, -0.2) is 27.2 Å².